The maximum atomic E-state index is 13.1. The molecule has 16 heavy (non-hydrogen) atoms. The molecule has 5 heteroatoms. The van der Waals surface area contributed by atoms with Crippen LogP contribution in [0, 0.1) is 19.7 Å². The molecule has 0 aliphatic carbocycles. The molecule has 1 aromatic heterocycles. The van der Waals surface area contributed by atoms with E-state index in [1.165, 1.54) is 12.1 Å². The minimum atomic E-state index is -0.244. The number of hydrogen-bond acceptors (Lipinski definition) is 3. The average Bonchev–Trinajstić information content (AvgIpc) is 2.55. The van der Waals surface area contributed by atoms with Crippen molar-refractivity contribution in [2.75, 3.05) is 5.73 Å². The Balaban J connectivity index is 2.33. The fraction of sp³-hybridized carbons (Fsp3) is 0.273. The number of nitrogens with zero attached hydrogens (tertiary/aromatic N) is 3. The van der Waals surface area contributed by atoms with Gasteiger partial charge >= 0.3 is 0 Å². The van der Waals surface area contributed by atoms with E-state index in [9.17, 15) is 4.39 Å². The lowest BCUT2D eigenvalue weighted by atomic mass is 10.1. The number of benzene rings is 1. The van der Waals surface area contributed by atoms with Gasteiger partial charge in [0.05, 0.1) is 12.2 Å². The van der Waals surface area contributed by atoms with Crippen molar-refractivity contribution < 1.29 is 4.39 Å². The fourth-order valence-electron chi connectivity index (χ4n) is 1.50. The van der Waals surface area contributed by atoms with Crippen LogP contribution < -0.4 is 5.73 Å². The topological polar surface area (TPSA) is 56.7 Å². The van der Waals surface area contributed by atoms with Crippen LogP contribution in [-0.4, -0.2) is 15.0 Å². The van der Waals surface area contributed by atoms with E-state index in [2.05, 4.69) is 10.3 Å². The van der Waals surface area contributed by atoms with E-state index in [-0.39, 0.29) is 5.82 Å². The number of rotatable bonds is 2. The van der Waals surface area contributed by atoms with E-state index in [0.29, 0.717) is 12.4 Å². The van der Waals surface area contributed by atoms with Crippen molar-refractivity contribution in [2.24, 2.45) is 0 Å². The first-order valence-corrected chi connectivity index (χ1v) is 4.98. The molecule has 0 spiro atoms. The summed E-state index contributed by atoms with van der Waals surface area (Å²) in [6, 6.07) is 4.70. The average molecular weight is 220 g/mol. The van der Waals surface area contributed by atoms with Gasteiger partial charge in [-0.15, -0.1) is 5.10 Å². The second-order valence-electron chi connectivity index (χ2n) is 3.79. The number of aryl methyl sites for hydroxylation is 1. The number of hydrogen-bond donors (Lipinski definition) is 1. The second-order valence-corrected chi connectivity index (χ2v) is 3.79. The predicted molar refractivity (Wildman–Crippen MR) is 59.4 cm³/mol. The van der Waals surface area contributed by atoms with Crippen LogP contribution in [0.4, 0.5) is 10.2 Å². The lowest BCUT2D eigenvalue weighted by molar-refractivity contribution is 0.607. The van der Waals surface area contributed by atoms with Gasteiger partial charge in [0.2, 0.25) is 0 Å². The molecule has 0 saturated carbocycles. The molecule has 84 valence electrons. The SMILES string of the molecule is Cc1ccc(F)cc1Cn1nnc(N)c1C. The Hall–Kier alpha value is -1.91. The van der Waals surface area contributed by atoms with Crippen LogP contribution in [0.5, 0.6) is 0 Å². The largest absolute Gasteiger partial charge is 0.381 e. The summed E-state index contributed by atoms with van der Waals surface area (Å²) >= 11 is 0. The second kappa shape index (κ2) is 3.92. The Morgan fingerprint density at radius 1 is 1.38 bits per heavy atom. The summed E-state index contributed by atoms with van der Waals surface area (Å²) in [5, 5.41) is 7.66. The molecule has 0 bridgehead atoms. The van der Waals surface area contributed by atoms with Crippen LogP contribution in [0.1, 0.15) is 16.8 Å². The Labute approximate surface area is 92.9 Å². The molecular formula is C11H13FN4. The summed E-state index contributed by atoms with van der Waals surface area (Å²) in [5.74, 6) is 0.167. The third-order valence-electron chi connectivity index (χ3n) is 2.65. The molecule has 0 saturated heterocycles. The highest BCUT2D eigenvalue weighted by Gasteiger charge is 2.07. The van der Waals surface area contributed by atoms with Crippen LogP contribution in [-0.2, 0) is 6.54 Å². The lowest BCUT2D eigenvalue weighted by Crippen LogP contribution is -2.06. The Morgan fingerprint density at radius 3 is 2.75 bits per heavy atom. The van der Waals surface area contributed by atoms with E-state index in [4.69, 9.17) is 5.73 Å². The molecule has 4 nitrogen and oxygen atoms in total. The fourth-order valence-corrected chi connectivity index (χ4v) is 1.50. The van der Waals surface area contributed by atoms with Crippen LogP contribution >= 0.6 is 0 Å². The van der Waals surface area contributed by atoms with Crippen LogP contribution in [0.3, 0.4) is 0 Å². The molecule has 0 unspecified atom stereocenters. The Morgan fingerprint density at radius 2 is 2.12 bits per heavy atom. The van der Waals surface area contributed by atoms with Crippen LogP contribution in [0.25, 0.3) is 0 Å². The number of aromatic nitrogens is 3. The lowest BCUT2D eigenvalue weighted by Gasteiger charge is -2.07. The van der Waals surface area contributed by atoms with Crippen molar-refractivity contribution in [1.82, 2.24) is 15.0 Å². The Kier molecular flexibility index (Phi) is 2.60. The maximum absolute atomic E-state index is 13.1. The third kappa shape index (κ3) is 1.88. The molecule has 2 aromatic rings. The van der Waals surface area contributed by atoms with Gasteiger partial charge in [-0.25, -0.2) is 9.07 Å². The zero-order valence-electron chi connectivity index (χ0n) is 9.24. The molecule has 2 rings (SSSR count). The molecule has 0 fully saturated rings. The maximum Gasteiger partial charge on any atom is 0.168 e. The minimum Gasteiger partial charge on any atom is -0.381 e. The van der Waals surface area contributed by atoms with Crippen molar-refractivity contribution in [3.8, 4) is 0 Å². The van der Waals surface area contributed by atoms with Gasteiger partial charge in [-0.2, -0.15) is 0 Å². The smallest absolute Gasteiger partial charge is 0.168 e. The summed E-state index contributed by atoms with van der Waals surface area (Å²) in [6.45, 7) is 4.26. The van der Waals surface area contributed by atoms with Gasteiger partial charge in [-0.3, -0.25) is 0 Å². The number of nitrogens with two attached hydrogens (primary N) is 1. The molecule has 1 heterocycles. The third-order valence-corrected chi connectivity index (χ3v) is 2.65. The number of halogens is 1. The highest BCUT2D eigenvalue weighted by molar-refractivity contribution is 5.33. The van der Waals surface area contributed by atoms with Crippen molar-refractivity contribution in [3.63, 3.8) is 0 Å². The zero-order valence-corrected chi connectivity index (χ0v) is 9.24. The van der Waals surface area contributed by atoms with E-state index in [1.54, 1.807) is 10.7 Å². The van der Waals surface area contributed by atoms with E-state index in [1.807, 2.05) is 13.8 Å². The van der Waals surface area contributed by atoms with E-state index in [0.717, 1.165) is 16.8 Å². The first-order chi connectivity index (χ1) is 7.58. The van der Waals surface area contributed by atoms with E-state index >= 15 is 0 Å². The standard InChI is InChI=1S/C11H13FN4/c1-7-3-4-10(12)5-9(7)6-16-8(2)11(13)14-15-16/h3-5H,6,13H2,1-2H3. The monoisotopic (exact) mass is 220 g/mol. The molecule has 0 aliphatic heterocycles. The predicted octanol–water partition coefficient (Wildman–Crippen LogP) is 1.66. The number of nitrogen functional groups attached to an aromatic ring is 1. The normalized spacial score (nSPS) is 10.7. The van der Waals surface area contributed by atoms with Crippen molar-refractivity contribution in [2.45, 2.75) is 20.4 Å². The molecular weight excluding hydrogens is 207 g/mol. The van der Waals surface area contributed by atoms with Gasteiger partial charge < -0.3 is 5.73 Å². The van der Waals surface area contributed by atoms with Crippen molar-refractivity contribution in [3.05, 3.63) is 40.8 Å². The summed E-state index contributed by atoms with van der Waals surface area (Å²) < 4.78 is 14.7. The van der Waals surface area contributed by atoms with Crippen LogP contribution in [0.2, 0.25) is 0 Å². The van der Waals surface area contributed by atoms with Crippen molar-refractivity contribution in [1.29, 1.82) is 0 Å². The molecule has 0 aliphatic rings. The molecule has 2 N–H and O–H groups in total. The van der Waals surface area contributed by atoms with Gasteiger partial charge in [-0.05, 0) is 37.1 Å². The van der Waals surface area contributed by atoms with Gasteiger partial charge in [0, 0.05) is 0 Å². The summed E-state index contributed by atoms with van der Waals surface area (Å²) in [4.78, 5) is 0. The van der Waals surface area contributed by atoms with Gasteiger partial charge in [-0.1, -0.05) is 11.3 Å². The highest BCUT2D eigenvalue weighted by Crippen LogP contribution is 2.13. The van der Waals surface area contributed by atoms with E-state index < -0.39 is 0 Å². The van der Waals surface area contributed by atoms with Crippen molar-refractivity contribution >= 4 is 5.82 Å². The summed E-state index contributed by atoms with van der Waals surface area (Å²) in [5.41, 5.74) is 8.29. The van der Waals surface area contributed by atoms with Gasteiger partial charge in [0.1, 0.15) is 5.82 Å². The quantitative estimate of drug-likeness (QED) is 0.837. The first kappa shape index (κ1) is 10.6. The molecule has 1 aromatic carbocycles. The number of anilines is 1. The molecule has 0 atom stereocenters. The molecule has 0 radical (unpaired) electrons. The summed E-state index contributed by atoms with van der Waals surface area (Å²) in [6.07, 6.45) is 0. The Bertz CT molecular complexity index is 519. The van der Waals surface area contributed by atoms with Gasteiger partial charge in [0.25, 0.3) is 0 Å². The van der Waals surface area contributed by atoms with Gasteiger partial charge in [0.15, 0.2) is 5.82 Å². The first-order valence-electron chi connectivity index (χ1n) is 4.98. The van der Waals surface area contributed by atoms with Crippen LogP contribution in [0.15, 0.2) is 18.2 Å². The zero-order chi connectivity index (χ0) is 11.7. The highest BCUT2D eigenvalue weighted by atomic mass is 19.1. The summed E-state index contributed by atoms with van der Waals surface area (Å²) in [7, 11) is 0. The molecule has 0 amide bonds. The minimum absolute atomic E-state index is 0.244.